The highest BCUT2D eigenvalue weighted by molar-refractivity contribution is 5.94. The molecule has 2 heterocycles. The molecule has 0 radical (unpaired) electrons. The first-order chi connectivity index (χ1) is 14.7. The third-order valence-electron chi connectivity index (χ3n) is 5.12. The largest absolute Gasteiger partial charge is 0.484 e. The summed E-state index contributed by atoms with van der Waals surface area (Å²) in [4.78, 5) is 39.5. The number of nitrogens with zero attached hydrogens (tertiary/aromatic N) is 2. The van der Waals surface area contributed by atoms with Crippen LogP contribution in [0, 0.1) is 0 Å². The normalized spacial score (nSPS) is 16.9. The number of nitrogens with one attached hydrogen (secondary N) is 2. The summed E-state index contributed by atoms with van der Waals surface area (Å²) < 4.78 is 11.0. The molecule has 1 aromatic carbocycles. The Kier molecular flexibility index (Phi) is 7.37. The summed E-state index contributed by atoms with van der Waals surface area (Å²) in [5.74, 6) is 0.452. The van der Waals surface area contributed by atoms with Crippen LogP contribution in [-0.4, -0.2) is 79.2 Å². The predicted octanol–water partition coefficient (Wildman–Crippen LogP) is 1.62. The van der Waals surface area contributed by atoms with Crippen LogP contribution < -0.4 is 15.4 Å². The highest BCUT2D eigenvalue weighted by atomic mass is 16.6. The third-order valence-corrected chi connectivity index (χ3v) is 5.12. The summed E-state index contributed by atoms with van der Waals surface area (Å²) in [7, 11) is 0. The minimum absolute atomic E-state index is 0.0202. The Morgan fingerprint density at radius 3 is 2.58 bits per heavy atom. The summed E-state index contributed by atoms with van der Waals surface area (Å²) in [5, 5.41) is 5.69. The number of anilines is 1. The number of ether oxygens (including phenoxy) is 2. The zero-order valence-electron chi connectivity index (χ0n) is 18.5. The molecule has 2 N–H and O–H groups in total. The van der Waals surface area contributed by atoms with Gasteiger partial charge >= 0.3 is 6.09 Å². The van der Waals surface area contributed by atoms with E-state index in [9.17, 15) is 14.4 Å². The first kappa shape index (κ1) is 22.9. The van der Waals surface area contributed by atoms with Crippen molar-refractivity contribution in [3.05, 3.63) is 23.8 Å². The number of aryl methyl sites for hydroxylation is 1. The van der Waals surface area contributed by atoms with E-state index in [0.29, 0.717) is 44.8 Å². The van der Waals surface area contributed by atoms with Gasteiger partial charge in [0.25, 0.3) is 5.91 Å². The van der Waals surface area contributed by atoms with Gasteiger partial charge in [0.05, 0.1) is 0 Å². The number of fused-ring (bicyclic) bond motifs is 1. The summed E-state index contributed by atoms with van der Waals surface area (Å²) >= 11 is 0. The van der Waals surface area contributed by atoms with Crippen molar-refractivity contribution in [3.8, 4) is 5.75 Å². The van der Waals surface area contributed by atoms with E-state index in [1.54, 1.807) is 17.0 Å². The molecule has 170 valence electrons. The van der Waals surface area contributed by atoms with Gasteiger partial charge in [0.1, 0.15) is 11.4 Å². The van der Waals surface area contributed by atoms with Crippen LogP contribution in [0.4, 0.5) is 10.5 Å². The monoisotopic (exact) mass is 432 g/mol. The quantitative estimate of drug-likeness (QED) is 0.709. The van der Waals surface area contributed by atoms with Crippen molar-refractivity contribution in [3.63, 3.8) is 0 Å². The molecule has 0 aromatic heterocycles. The van der Waals surface area contributed by atoms with E-state index in [4.69, 9.17) is 9.47 Å². The lowest BCUT2D eigenvalue weighted by Gasteiger charge is -2.35. The molecule has 3 amide bonds. The molecule has 2 aliphatic rings. The van der Waals surface area contributed by atoms with E-state index in [1.807, 2.05) is 26.8 Å². The van der Waals surface area contributed by atoms with Crippen molar-refractivity contribution in [2.45, 2.75) is 39.2 Å². The Balaban J connectivity index is 1.31. The fourth-order valence-electron chi connectivity index (χ4n) is 3.48. The zero-order chi connectivity index (χ0) is 22.4. The lowest BCUT2D eigenvalue weighted by Crippen LogP contribution is -2.51. The summed E-state index contributed by atoms with van der Waals surface area (Å²) in [5.41, 5.74) is 1.33. The number of carbonyl (C=O) groups is 3. The molecule has 1 saturated heterocycles. The molecule has 0 unspecified atom stereocenters. The van der Waals surface area contributed by atoms with Gasteiger partial charge in [-0.25, -0.2) is 4.79 Å². The Labute approximate surface area is 183 Å². The molecule has 3 rings (SSSR count). The van der Waals surface area contributed by atoms with Crippen molar-refractivity contribution >= 4 is 23.6 Å². The maximum Gasteiger partial charge on any atom is 0.410 e. The van der Waals surface area contributed by atoms with Crippen LogP contribution in [0.5, 0.6) is 5.75 Å². The van der Waals surface area contributed by atoms with Crippen LogP contribution in [0.2, 0.25) is 0 Å². The first-order valence-electron chi connectivity index (χ1n) is 10.7. The van der Waals surface area contributed by atoms with Gasteiger partial charge in [-0.3, -0.25) is 14.5 Å². The van der Waals surface area contributed by atoms with Crippen LogP contribution in [0.25, 0.3) is 0 Å². The SMILES string of the molecule is CC(C)(C)OC(=O)N1CCN(CCNC(=O)COc2ccc3c(c2)CCC(=O)N3)CC1. The Morgan fingerprint density at radius 1 is 1.13 bits per heavy atom. The molecule has 9 nitrogen and oxygen atoms in total. The standard InChI is InChI=1S/C22H32N4O5/c1-22(2,3)31-21(29)26-12-10-25(11-13-26)9-8-23-20(28)15-30-17-5-6-18-16(14-17)4-7-19(27)24-18/h5-6,14H,4,7-13,15H2,1-3H3,(H,23,28)(H,24,27). The van der Waals surface area contributed by atoms with E-state index in [-0.39, 0.29) is 24.5 Å². The number of piperazine rings is 1. The molecule has 0 saturated carbocycles. The predicted molar refractivity (Wildman–Crippen MR) is 116 cm³/mol. The fourth-order valence-corrected chi connectivity index (χ4v) is 3.48. The van der Waals surface area contributed by atoms with Crippen molar-refractivity contribution in [2.24, 2.45) is 0 Å². The lowest BCUT2D eigenvalue weighted by molar-refractivity contribution is -0.123. The second-order valence-corrected chi connectivity index (χ2v) is 8.81. The molecular formula is C22H32N4O5. The topological polar surface area (TPSA) is 100 Å². The second-order valence-electron chi connectivity index (χ2n) is 8.81. The van der Waals surface area contributed by atoms with Gasteiger partial charge < -0.3 is 25.0 Å². The molecular weight excluding hydrogens is 400 g/mol. The summed E-state index contributed by atoms with van der Waals surface area (Å²) in [6, 6.07) is 5.42. The van der Waals surface area contributed by atoms with E-state index in [2.05, 4.69) is 15.5 Å². The number of hydrogen-bond acceptors (Lipinski definition) is 6. The minimum Gasteiger partial charge on any atom is -0.484 e. The van der Waals surface area contributed by atoms with Crippen molar-refractivity contribution in [1.29, 1.82) is 0 Å². The number of hydrogen-bond donors (Lipinski definition) is 2. The number of rotatable bonds is 6. The maximum absolute atomic E-state index is 12.1. The molecule has 1 fully saturated rings. The molecule has 0 aliphatic carbocycles. The molecule has 2 aliphatic heterocycles. The average molecular weight is 433 g/mol. The van der Waals surface area contributed by atoms with E-state index in [1.165, 1.54) is 0 Å². The van der Waals surface area contributed by atoms with Crippen molar-refractivity contribution < 1.29 is 23.9 Å². The van der Waals surface area contributed by atoms with E-state index < -0.39 is 5.60 Å². The molecule has 0 spiro atoms. The molecule has 9 heteroatoms. The highest BCUT2D eigenvalue weighted by Crippen LogP contribution is 2.26. The molecule has 31 heavy (non-hydrogen) atoms. The van der Waals surface area contributed by atoms with Gasteiger partial charge in [-0.1, -0.05) is 0 Å². The van der Waals surface area contributed by atoms with Gasteiger partial charge in [0, 0.05) is 51.4 Å². The van der Waals surface area contributed by atoms with Gasteiger partial charge in [-0.15, -0.1) is 0 Å². The number of carbonyl (C=O) groups excluding carboxylic acids is 3. The van der Waals surface area contributed by atoms with E-state index in [0.717, 1.165) is 24.3 Å². The zero-order valence-corrected chi connectivity index (χ0v) is 18.5. The Morgan fingerprint density at radius 2 is 1.87 bits per heavy atom. The van der Waals surface area contributed by atoms with Crippen LogP contribution in [-0.2, 0) is 20.7 Å². The molecule has 0 bridgehead atoms. The fraction of sp³-hybridized carbons (Fsp3) is 0.591. The third kappa shape index (κ3) is 7.13. The maximum atomic E-state index is 12.1. The van der Waals surface area contributed by atoms with Crippen LogP contribution in [0.1, 0.15) is 32.8 Å². The Bertz CT molecular complexity index is 813. The number of amides is 3. The number of benzene rings is 1. The van der Waals surface area contributed by atoms with Gasteiger partial charge in [-0.2, -0.15) is 0 Å². The van der Waals surface area contributed by atoms with Crippen molar-refractivity contribution in [1.82, 2.24) is 15.1 Å². The highest BCUT2D eigenvalue weighted by Gasteiger charge is 2.25. The van der Waals surface area contributed by atoms with Crippen LogP contribution >= 0.6 is 0 Å². The molecule has 0 atom stereocenters. The second kappa shape index (κ2) is 10.00. The smallest absolute Gasteiger partial charge is 0.410 e. The van der Waals surface area contributed by atoms with Crippen LogP contribution in [0.3, 0.4) is 0 Å². The first-order valence-corrected chi connectivity index (χ1v) is 10.7. The lowest BCUT2D eigenvalue weighted by atomic mass is 10.0. The average Bonchev–Trinajstić information content (AvgIpc) is 2.71. The summed E-state index contributed by atoms with van der Waals surface area (Å²) in [6.07, 6.45) is 0.858. The Hall–Kier alpha value is -2.81. The van der Waals surface area contributed by atoms with E-state index >= 15 is 0 Å². The minimum atomic E-state index is -0.490. The van der Waals surface area contributed by atoms with Crippen LogP contribution in [0.15, 0.2) is 18.2 Å². The van der Waals surface area contributed by atoms with Gasteiger partial charge in [0.2, 0.25) is 5.91 Å². The van der Waals surface area contributed by atoms with Gasteiger partial charge in [0.15, 0.2) is 6.61 Å². The van der Waals surface area contributed by atoms with Crippen molar-refractivity contribution in [2.75, 3.05) is 51.2 Å². The molecule has 1 aromatic rings. The summed E-state index contributed by atoms with van der Waals surface area (Å²) in [6.45, 7) is 9.48. The van der Waals surface area contributed by atoms with Gasteiger partial charge in [-0.05, 0) is 51.0 Å².